The molecule has 7 aromatic rings. The highest BCUT2D eigenvalue weighted by molar-refractivity contribution is 7.99. The summed E-state index contributed by atoms with van der Waals surface area (Å²) in [4.78, 5) is 7.04. The van der Waals surface area contributed by atoms with E-state index in [1.165, 1.54) is 24.3 Å². The first-order valence-electron chi connectivity index (χ1n) is 17.6. The molecule has 2 heterocycles. The molecule has 0 saturated heterocycles. The SMILES string of the molecule is CCc1c(-c2ccc(F)cc2)c(N2c3ccccc3Oc3ccccc32)c(CC)c(N2c3ccccc3Sc3ccccc32)c1-c1ccc(F)cc1. The lowest BCUT2D eigenvalue weighted by Crippen LogP contribution is -2.23. The maximum absolute atomic E-state index is 14.7. The van der Waals surface area contributed by atoms with E-state index < -0.39 is 0 Å². The van der Waals surface area contributed by atoms with Crippen molar-refractivity contribution in [3.8, 4) is 33.8 Å². The van der Waals surface area contributed by atoms with Crippen molar-refractivity contribution in [3.63, 3.8) is 0 Å². The molecular weight excluding hydrogens is 667 g/mol. The summed E-state index contributed by atoms with van der Waals surface area (Å²) in [6, 6.07) is 47.0. The Morgan fingerprint density at radius 1 is 0.462 bits per heavy atom. The molecular formula is C46H34F2N2OS. The van der Waals surface area contributed by atoms with Crippen LogP contribution >= 0.6 is 11.8 Å². The molecule has 0 spiro atoms. The molecule has 9 rings (SSSR count). The second-order valence-corrected chi connectivity index (χ2v) is 14.0. The van der Waals surface area contributed by atoms with Gasteiger partial charge in [-0.2, -0.15) is 0 Å². The van der Waals surface area contributed by atoms with Crippen molar-refractivity contribution in [1.82, 2.24) is 0 Å². The van der Waals surface area contributed by atoms with Gasteiger partial charge in [0, 0.05) is 26.5 Å². The number of nitrogens with zero attached hydrogens (tertiary/aromatic N) is 2. The minimum atomic E-state index is -0.296. The Morgan fingerprint density at radius 3 is 1.29 bits per heavy atom. The highest BCUT2D eigenvalue weighted by atomic mass is 32.2. The molecule has 2 aliphatic heterocycles. The molecule has 7 aromatic carbocycles. The zero-order chi connectivity index (χ0) is 35.3. The van der Waals surface area contributed by atoms with Crippen LogP contribution in [0.3, 0.4) is 0 Å². The molecule has 0 saturated carbocycles. The van der Waals surface area contributed by atoms with Crippen LogP contribution in [0.5, 0.6) is 11.5 Å². The maximum atomic E-state index is 14.7. The molecule has 52 heavy (non-hydrogen) atoms. The Labute approximate surface area is 306 Å². The number of para-hydroxylation sites is 6. The zero-order valence-corrected chi connectivity index (χ0v) is 29.6. The lowest BCUT2D eigenvalue weighted by Gasteiger charge is -2.41. The molecule has 0 amide bonds. The van der Waals surface area contributed by atoms with E-state index in [2.05, 4.69) is 84.3 Å². The van der Waals surface area contributed by atoms with Gasteiger partial charge in [0.25, 0.3) is 0 Å². The van der Waals surface area contributed by atoms with Crippen LogP contribution in [0, 0.1) is 11.6 Å². The molecule has 0 N–H and O–H groups in total. The van der Waals surface area contributed by atoms with E-state index in [1.54, 1.807) is 11.8 Å². The molecule has 6 heteroatoms. The molecule has 2 aliphatic rings. The number of rotatable bonds is 6. The van der Waals surface area contributed by atoms with Crippen LogP contribution in [-0.4, -0.2) is 0 Å². The first-order chi connectivity index (χ1) is 25.6. The number of hydrogen-bond donors (Lipinski definition) is 0. The van der Waals surface area contributed by atoms with E-state index in [-0.39, 0.29) is 11.6 Å². The van der Waals surface area contributed by atoms with Gasteiger partial charge in [-0.3, -0.25) is 0 Å². The standard InChI is InChI=1S/C46H34F2N2OS/c1-3-33-43(29-21-25-31(47)26-22-29)45(49-35-13-5-9-17-39(35)51-40-18-10-6-14-36(40)49)34(4-2)46(44(33)30-23-27-32(48)28-24-30)50-37-15-7-11-19-41(37)52-42-20-12-8-16-38(42)50/h5-28H,3-4H2,1-2H3. The first-order valence-corrected chi connectivity index (χ1v) is 18.4. The second kappa shape index (κ2) is 13.0. The van der Waals surface area contributed by atoms with Crippen molar-refractivity contribution in [2.24, 2.45) is 0 Å². The maximum Gasteiger partial charge on any atom is 0.151 e. The highest BCUT2D eigenvalue weighted by Crippen LogP contribution is 2.61. The van der Waals surface area contributed by atoms with Crippen molar-refractivity contribution in [2.45, 2.75) is 36.5 Å². The third-order valence-corrected chi connectivity index (χ3v) is 11.1. The van der Waals surface area contributed by atoms with E-state index in [0.29, 0.717) is 12.8 Å². The third kappa shape index (κ3) is 5.17. The van der Waals surface area contributed by atoms with Gasteiger partial charge in [0.15, 0.2) is 11.5 Å². The largest absolute Gasteiger partial charge is 0.453 e. The Hall–Kier alpha value is -5.85. The average molecular weight is 701 g/mol. The minimum absolute atomic E-state index is 0.291. The molecule has 0 bridgehead atoms. The second-order valence-electron chi connectivity index (χ2n) is 12.9. The molecule has 0 aromatic heterocycles. The fraction of sp³-hybridized carbons (Fsp3) is 0.0870. The van der Waals surface area contributed by atoms with Crippen LogP contribution < -0.4 is 14.5 Å². The monoisotopic (exact) mass is 700 g/mol. The number of anilines is 6. The van der Waals surface area contributed by atoms with Crippen molar-refractivity contribution in [1.29, 1.82) is 0 Å². The van der Waals surface area contributed by atoms with Gasteiger partial charge in [0.2, 0.25) is 0 Å². The average Bonchev–Trinajstić information content (AvgIpc) is 3.19. The highest BCUT2D eigenvalue weighted by Gasteiger charge is 2.37. The normalized spacial score (nSPS) is 12.8. The summed E-state index contributed by atoms with van der Waals surface area (Å²) >= 11 is 1.77. The summed E-state index contributed by atoms with van der Waals surface area (Å²) in [7, 11) is 0. The van der Waals surface area contributed by atoms with Gasteiger partial charge in [0.05, 0.1) is 34.1 Å². The summed E-state index contributed by atoms with van der Waals surface area (Å²) in [6.45, 7) is 4.37. The molecule has 0 radical (unpaired) electrons. The number of fused-ring (bicyclic) bond motifs is 4. The van der Waals surface area contributed by atoms with Crippen LogP contribution in [0.25, 0.3) is 22.3 Å². The van der Waals surface area contributed by atoms with Gasteiger partial charge in [-0.15, -0.1) is 0 Å². The van der Waals surface area contributed by atoms with Crippen molar-refractivity contribution in [2.75, 3.05) is 9.80 Å². The van der Waals surface area contributed by atoms with E-state index in [0.717, 1.165) is 88.8 Å². The fourth-order valence-corrected chi connectivity index (χ4v) is 8.81. The van der Waals surface area contributed by atoms with Crippen LogP contribution in [0.1, 0.15) is 25.0 Å². The summed E-state index contributed by atoms with van der Waals surface area (Å²) in [5.41, 5.74) is 12.0. The minimum Gasteiger partial charge on any atom is -0.453 e. The number of ether oxygens (including phenoxy) is 1. The predicted molar refractivity (Wildman–Crippen MR) is 210 cm³/mol. The lowest BCUT2D eigenvalue weighted by molar-refractivity contribution is 0.477. The summed E-state index contributed by atoms with van der Waals surface area (Å²) in [5.74, 6) is 0.915. The van der Waals surface area contributed by atoms with Crippen LogP contribution in [0.4, 0.5) is 42.9 Å². The van der Waals surface area contributed by atoms with Crippen LogP contribution in [0.15, 0.2) is 155 Å². The Balaban J connectivity index is 1.51. The fourth-order valence-electron chi connectivity index (χ4n) is 7.75. The molecule has 0 unspecified atom stereocenters. The van der Waals surface area contributed by atoms with Crippen molar-refractivity contribution < 1.29 is 13.5 Å². The van der Waals surface area contributed by atoms with Gasteiger partial charge in [-0.05, 0) is 102 Å². The summed E-state index contributed by atoms with van der Waals surface area (Å²) in [6.07, 6.45) is 1.32. The molecule has 0 fully saturated rings. The van der Waals surface area contributed by atoms with Gasteiger partial charge in [-0.25, -0.2) is 8.78 Å². The van der Waals surface area contributed by atoms with Gasteiger partial charge >= 0.3 is 0 Å². The molecule has 3 nitrogen and oxygen atoms in total. The Kier molecular flexibility index (Phi) is 8.05. The molecule has 0 atom stereocenters. The van der Waals surface area contributed by atoms with Crippen LogP contribution in [-0.2, 0) is 12.8 Å². The number of benzene rings is 7. The quantitative estimate of drug-likeness (QED) is 0.171. The Bertz CT molecular complexity index is 2220. The van der Waals surface area contributed by atoms with Gasteiger partial charge in [0.1, 0.15) is 11.6 Å². The zero-order valence-electron chi connectivity index (χ0n) is 28.7. The third-order valence-electron chi connectivity index (χ3n) is 9.93. The summed E-state index contributed by atoms with van der Waals surface area (Å²) < 4.78 is 35.9. The van der Waals surface area contributed by atoms with Crippen molar-refractivity contribution in [3.05, 3.63) is 168 Å². The van der Waals surface area contributed by atoms with E-state index in [9.17, 15) is 8.78 Å². The lowest BCUT2D eigenvalue weighted by atomic mass is 9.82. The van der Waals surface area contributed by atoms with E-state index in [4.69, 9.17) is 4.74 Å². The van der Waals surface area contributed by atoms with E-state index >= 15 is 0 Å². The van der Waals surface area contributed by atoms with Gasteiger partial charge in [-0.1, -0.05) is 98.4 Å². The van der Waals surface area contributed by atoms with Crippen molar-refractivity contribution >= 4 is 45.9 Å². The molecule has 254 valence electrons. The Morgan fingerprint density at radius 2 is 0.846 bits per heavy atom. The summed E-state index contributed by atoms with van der Waals surface area (Å²) in [5, 5.41) is 0. The van der Waals surface area contributed by atoms with E-state index in [1.807, 2.05) is 60.7 Å². The first kappa shape index (κ1) is 32.1. The molecule has 0 aliphatic carbocycles. The van der Waals surface area contributed by atoms with Gasteiger partial charge < -0.3 is 14.5 Å². The number of hydrogen-bond acceptors (Lipinski definition) is 4. The smallest absolute Gasteiger partial charge is 0.151 e. The number of halogens is 2. The van der Waals surface area contributed by atoms with Crippen LogP contribution in [0.2, 0.25) is 0 Å². The topological polar surface area (TPSA) is 15.7 Å². The predicted octanol–water partition coefficient (Wildman–Crippen LogP) is 13.9.